The first kappa shape index (κ1) is 9.28. The number of rotatable bonds is 3. The van der Waals surface area contributed by atoms with E-state index in [4.69, 9.17) is 4.42 Å². The Bertz CT molecular complexity index is 419. The van der Waals surface area contributed by atoms with Crippen LogP contribution >= 0.6 is 0 Å². The number of hydrogen-bond acceptors (Lipinski definition) is 2. The minimum Gasteiger partial charge on any atom is -0.464 e. The van der Waals surface area contributed by atoms with Crippen LogP contribution in [0.3, 0.4) is 0 Å². The maximum Gasteiger partial charge on any atom is 0.134 e. The molecule has 2 nitrogen and oxygen atoms in total. The summed E-state index contributed by atoms with van der Waals surface area (Å²) in [5.74, 6) is 0. The van der Waals surface area contributed by atoms with E-state index in [-0.39, 0.29) is 0 Å². The summed E-state index contributed by atoms with van der Waals surface area (Å²) in [5, 5.41) is 4.59. The fourth-order valence-electron chi connectivity index (χ4n) is 1.75. The summed E-state index contributed by atoms with van der Waals surface area (Å²) in [6, 6.07) is 8.48. The highest BCUT2D eigenvalue weighted by Gasteiger charge is 2.10. The van der Waals surface area contributed by atoms with Crippen molar-refractivity contribution in [2.45, 2.75) is 19.9 Å². The molecular weight excluding hydrogens is 174 g/mol. The topological polar surface area (TPSA) is 25.2 Å². The largest absolute Gasteiger partial charge is 0.464 e. The van der Waals surface area contributed by atoms with Gasteiger partial charge in [0.25, 0.3) is 0 Å². The Morgan fingerprint density at radius 3 is 2.93 bits per heavy atom. The zero-order chi connectivity index (χ0) is 9.97. The highest BCUT2D eigenvalue weighted by atomic mass is 16.3. The first-order chi connectivity index (χ1) is 6.83. The molecule has 0 spiro atoms. The highest BCUT2D eigenvalue weighted by molar-refractivity contribution is 5.81. The fraction of sp³-hybridized carbons (Fsp3) is 0.333. The number of hydrogen-bond donors (Lipinski definition) is 1. The summed E-state index contributed by atoms with van der Waals surface area (Å²) in [5.41, 5.74) is 2.20. The van der Waals surface area contributed by atoms with E-state index in [9.17, 15) is 0 Å². The molecule has 0 bridgehead atoms. The van der Waals surface area contributed by atoms with Gasteiger partial charge in [0.2, 0.25) is 0 Å². The molecule has 0 fully saturated rings. The van der Waals surface area contributed by atoms with E-state index in [1.807, 2.05) is 24.5 Å². The van der Waals surface area contributed by atoms with Gasteiger partial charge in [0, 0.05) is 17.0 Å². The average Bonchev–Trinajstić information content (AvgIpc) is 2.61. The summed E-state index contributed by atoms with van der Waals surface area (Å²) >= 11 is 0. The van der Waals surface area contributed by atoms with Crippen molar-refractivity contribution in [1.29, 1.82) is 0 Å². The summed E-state index contributed by atoms with van der Waals surface area (Å²) in [4.78, 5) is 0. The highest BCUT2D eigenvalue weighted by Crippen LogP contribution is 2.25. The van der Waals surface area contributed by atoms with E-state index in [0.29, 0.717) is 6.04 Å². The molecule has 74 valence electrons. The van der Waals surface area contributed by atoms with E-state index in [0.717, 1.165) is 12.1 Å². The Labute approximate surface area is 83.9 Å². The van der Waals surface area contributed by atoms with Crippen LogP contribution in [0.1, 0.15) is 25.5 Å². The summed E-state index contributed by atoms with van der Waals surface area (Å²) < 4.78 is 5.48. The van der Waals surface area contributed by atoms with E-state index >= 15 is 0 Å². The second kappa shape index (κ2) is 3.84. The quantitative estimate of drug-likeness (QED) is 0.802. The van der Waals surface area contributed by atoms with Gasteiger partial charge in [0.15, 0.2) is 0 Å². The van der Waals surface area contributed by atoms with Crippen molar-refractivity contribution in [2.75, 3.05) is 6.54 Å². The zero-order valence-electron chi connectivity index (χ0n) is 8.58. The third-order valence-corrected chi connectivity index (χ3v) is 2.49. The predicted molar refractivity (Wildman–Crippen MR) is 58.3 cm³/mol. The van der Waals surface area contributed by atoms with Gasteiger partial charge in [-0.3, -0.25) is 0 Å². The molecule has 0 aliphatic rings. The van der Waals surface area contributed by atoms with Crippen molar-refractivity contribution in [3.63, 3.8) is 0 Å². The van der Waals surface area contributed by atoms with Gasteiger partial charge in [-0.1, -0.05) is 25.1 Å². The molecule has 1 unspecified atom stereocenters. The van der Waals surface area contributed by atoms with Crippen LogP contribution in [-0.2, 0) is 0 Å². The van der Waals surface area contributed by atoms with Crippen molar-refractivity contribution in [3.8, 4) is 0 Å². The number of furan rings is 1. The molecule has 0 radical (unpaired) electrons. The van der Waals surface area contributed by atoms with Crippen molar-refractivity contribution in [1.82, 2.24) is 5.32 Å². The third kappa shape index (κ3) is 1.53. The lowest BCUT2D eigenvalue weighted by Gasteiger charge is -2.09. The first-order valence-electron chi connectivity index (χ1n) is 5.02. The second-order valence-electron chi connectivity index (χ2n) is 3.47. The van der Waals surface area contributed by atoms with Crippen LogP contribution in [0.25, 0.3) is 11.0 Å². The lowest BCUT2D eigenvalue weighted by molar-refractivity contribution is 0.569. The molecule has 2 heteroatoms. The van der Waals surface area contributed by atoms with Crippen LogP contribution in [0.15, 0.2) is 34.9 Å². The zero-order valence-corrected chi connectivity index (χ0v) is 8.58. The van der Waals surface area contributed by atoms with Gasteiger partial charge in [0.1, 0.15) is 5.58 Å². The minimum absolute atomic E-state index is 0.351. The molecule has 0 saturated heterocycles. The van der Waals surface area contributed by atoms with Crippen LogP contribution in [0.4, 0.5) is 0 Å². The molecular formula is C12H15NO. The van der Waals surface area contributed by atoms with Crippen molar-refractivity contribution < 1.29 is 4.42 Å². The number of para-hydroxylation sites is 1. The van der Waals surface area contributed by atoms with E-state index in [1.165, 1.54) is 10.9 Å². The Balaban J connectivity index is 2.42. The van der Waals surface area contributed by atoms with Crippen LogP contribution in [0.2, 0.25) is 0 Å². The fourth-order valence-corrected chi connectivity index (χ4v) is 1.75. The summed E-state index contributed by atoms with van der Waals surface area (Å²) in [7, 11) is 0. The molecule has 0 amide bonds. The van der Waals surface area contributed by atoms with Crippen LogP contribution in [0, 0.1) is 0 Å². The Morgan fingerprint density at radius 2 is 2.14 bits per heavy atom. The number of fused-ring (bicyclic) bond motifs is 1. The van der Waals surface area contributed by atoms with Crippen molar-refractivity contribution >= 4 is 11.0 Å². The number of benzene rings is 1. The van der Waals surface area contributed by atoms with E-state index < -0.39 is 0 Å². The second-order valence-corrected chi connectivity index (χ2v) is 3.47. The molecule has 2 aromatic rings. The predicted octanol–water partition coefficient (Wildman–Crippen LogP) is 3.10. The van der Waals surface area contributed by atoms with Gasteiger partial charge in [-0.2, -0.15) is 0 Å². The molecule has 1 atom stereocenters. The molecule has 1 aromatic heterocycles. The Hall–Kier alpha value is -1.28. The lowest BCUT2D eigenvalue weighted by atomic mass is 10.1. The molecule has 0 aliphatic heterocycles. The van der Waals surface area contributed by atoms with Crippen molar-refractivity contribution in [3.05, 3.63) is 36.1 Å². The molecule has 2 rings (SSSR count). The maximum absolute atomic E-state index is 5.48. The molecule has 14 heavy (non-hydrogen) atoms. The van der Waals surface area contributed by atoms with Gasteiger partial charge >= 0.3 is 0 Å². The lowest BCUT2D eigenvalue weighted by Crippen LogP contribution is -2.17. The maximum atomic E-state index is 5.48. The summed E-state index contributed by atoms with van der Waals surface area (Å²) in [6.45, 7) is 5.24. The van der Waals surface area contributed by atoms with Crippen LogP contribution in [0.5, 0.6) is 0 Å². The Kier molecular flexibility index (Phi) is 2.55. The molecule has 1 aromatic carbocycles. The van der Waals surface area contributed by atoms with Crippen LogP contribution < -0.4 is 5.32 Å². The molecule has 1 heterocycles. The van der Waals surface area contributed by atoms with Gasteiger partial charge in [-0.15, -0.1) is 0 Å². The van der Waals surface area contributed by atoms with Gasteiger partial charge in [-0.25, -0.2) is 0 Å². The van der Waals surface area contributed by atoms with Gasteiger partial charge < -0.3 is 9.73 Å². The number of nitrogens with one attached hydrogen (secondary N) is 1. The van der Waals surface area contributed by atoms with E-state index in [1.54, 1.807) is 0 Å². The monoisotopic (exact) mass is 189 g/mol. The summed E-state index contributed by atoms with van der Waals surface area (Å²) in [6.07, 6.45) is 1.85. The molecule has 0 saturated carbocycles. The molecule has 0 aliphatic carbocycles. The average molecular weight is 189 g/mol. The van der Waals surface area contributed by atoms with Gasteiger partial charge in [0.05, 0.1) is 6.26 Å². The normalized spacial score (nSPS) is 13.3. The standard InChI is InChI=1S/C12H15NO/c1-3-13-9(2)11-8-14-12-7-5-4-6-10(11)12/h4-9,13H,3H2,1-2H3. The Morgan fingerprint density at radius 1 is 1.36 bits per heavy atom. The molecule has 1 N–H and O–H groups in total. The SMILES string of the molecule is CCNC(C)c1coc2ccccc12. The van der Waals surface area contributed by atoms with E-state index in [2.05, 4.69) is 25.2 Å². The minimum atomic E-state index is 0.351. The third-order valence-electron chi connectivity index (χ3n) is 2.49. The van der Waals surface area contributed by atoms with Crippen molar-refractivity contribution in [2.24, 2.45) is 0 Å². The smallest absolute Gasteiger partial charge is 0.134 e. The first-order valence-corrected chi connectivity index (χ1v) is 5.02. The van der Waals surface area contributed by atoms with Gasteiger partial charge in [-0.05, 0) is 19.5 Å². The van der Waals surface area contributed by atoms with Crippen LogP contribution in [-0.4, -0.2) is 6.54 Å².